The normalized spacial score (nSPS) is 18.3. The summed E-state index contributed by atoms with van der Waals surface area (Å²) in [6, 6.07) is 5.96. The van der Waals surface area contributed by atoms with Gasteiger partial charge in [-0.15, -0.1) is 11.3 Å². The molecule has 3 N–H and O–H groups in total. The molecular formula is C29H32N8O3S. The number of fused-ring (bicyclic) bond motifs is 1. The lowest BCUT2D eigenvalue weighted by atomic mass is 9.68. The fourth-order valence-electron chi connectivity index (χ4n) is 6.16. The highest BCUT2D eigenvalue weighted by Gasteiger charge is 2.49. The number of nitrogens with one attached hydrogen (secondary N) is 1. The van der Waals surface area contributed by atoms with Crippen molar-refractivity contribution in [2.75, 3.05) is 49.6 Å². The van der Waals surface area contributed by atoms with E-state index in [-0.39, 0.29) is 11.4 Å². The summed E-state index contributed by atoms with van der Waals surface area (Å²) in [6.07, 6.45) is 9.80. The van der Waals surface area contributed by atoms with Gasteiger partial charge in [-0.1, -0.05) is 0 Å². The molecule has 2 aliphatic heterocycles. The van der Waals surface area contributed by atoms with E-state index < -0.39 is 5.91 Å². The Kier molecular flexibility index (Phi) is 6.48. The molecule has 3 fully saturated rings. The first-order valence-electron chi connectivity index (χ1n) is 14.0. The van der Waals surface area contributed by atoms with Gasteiger partial charge in [0.2, 0.25) is 5.91 Å². The minimum Gasteiger partial charge on any atom is -0.378 e. The van der Waals surface area contributed by atoms with E-state index in [0.29, 0.717) is 35.8 Å². The quantitative estimate of drug-likeness (QED) is 0.345. The predicted octanol–water partition coefficient (Wildman–Crippen LogP) is 3.33. The zero-order valence-electron chi connectivity index (χ0n) is 22.9. The van der Waals surface area contributed by atoms with Crippen LogP contribution in [0.25, 0.3) is 26.5 Å². The van der Waals surface area contributed by atoms with E-state index >= 15 is 0 Å². The van der Waals surface area contributed by atoms with Crippen LogP contribution in [0.5, 0.6) is 0 Å². The lowest BCUT2D eigenvalue weighted by Crippen LogP contribution is -2.65. The highest BCUT2D eigenvalue weighted by Crippen LogP contribution is 2.47. The smallest absolute Gasteiger partial charge is 0.253 e. The van der Waals surface area contributed by atoms with Gasteiger partial charge >= 0.3 is 0 Å². The molecular weight excluding hydrogens is 540 g/mol. The molecule has 4 aromatic heterocycles. The van der Waals surface area contributed by atoms with Crippen LogP contribution in [-0.4, -0.2) is 81.2 Å². The molecule has 7 rings (SSSR count). The van der Waals surface area contributed by atoms with Crippen molar-refractivity contribution in [3.05, 3.63) is 48.0 Å². The number of pyridine rings is 2. The molecule has 0 atom stereocenters. The molecule has 0 bridgehead atoms. The minimum atomic E-state index is -0.533. The van der Waals surface area contributed by atoms with Gasteiger partial charge in [-0.3, -0.25) is 19.5 Å². The van der Waals surface area contributed by atoms with Gasteiger partial charge in [-0.25, -0.2) is 9.50 Å². The van der Waals surface area contributed by atoms with Crippen molar-refractivity contribution in [3.8, 4) is 21.7 Å². The van der Waals surface area contributed by atoms with Crippen LogP contribution in [0, 0.1) is 6.92 Å². The standard InChI is InChI=1S/C29H32N8O3S/c1-18-21(14-20(15-32-18)34-24(38)17-36-8-6-29(36)4-2-5-29)25-26(41-28-22(27(30)39)16-33-37(25)28)19-3-7-31-23(13-19)35-9-11-40-12-10-35/h3,7,13-16H,2,4-6,8-12,17H2,1H3,(H2,30,39)(H,34,38). The van der Waals surface area contributed by atoms with E-state index in [1.165, 1.54) is 43.2 Å². The molecule has 41 heavy (non-hydrogen) atoms. The summed E-state index contributed by atoms with van der Waals surface area (Å²) >= 11 is 1.45. The van der Waals surface area contributed by atoms with Crippen molar-refractivity contribution in [1.82, 2.24) is 24.5 Å². The van der Waals surface area contributed by atoms with Crippen LogP contribution in [0.2, 0.25) is 0 Å². The maximum absolute atomic E-state index is 13.0. The number of amides is 2. The minimum absolute atomic E-state index is 0.0392. The van der Waals surface area contributed by atoms with Gasteiger partial charge in [0, 0.05) is 42.6 Å². The van der Waals surface area contributed by atoms with Crippen LogP contribution in [-0.2, 0) is 9.53 Å². The third-order valence-corrected chi connectivity index (χ3v) is 9.94. The largest absolute Gasteiger partial charge is 0.378 e. The maximum Gasteiger partial charge on any atom is 0.253 e. The van der Waals surface area contributed by atoms with Crippen LogP contribution in [0.4, 0.5) is 11.5 Å². The number of nitrogens with two attached hydrogens (primary N) is 1. The van der Waals surface area contributed by atoms with E-state index in [0.717, 1.165) is 52.8 Å². The van der Waals surface area contributed by atoms with E-state index in [1.54, 1.807) is 16.9 Å². The SMILES string of the molecule is Cc1ncc(NC(=O)CN2CCC23CCC3)cc1-c1c(-c2ccnc(N3CCOCC3)c2)sc2c(C(N)=O)cnn12. The van der Waals surface area contributed by atoms with Crippen molar-refractivity contribution >= 4 is 39.5 Å². The molecule has 12 heteroatoms. The van der Waals surface area contributed by atoms with E-state index in [9.17, 15) is 9.59 Å². The van der Waals surface area contributed by atoms with Crippen LogP contribution in [0.1, 0.15) is 41.7 Å². The average molecular weight is 573 g/mol. The first-order chi connectivity index (χ1) is 19.9. The Labute approximate surface area is 241 Å². The average Bonchev–Trinajstić information content (AvgIpc) is 3.52. The summed E-state index contributed by atoms with van der Waals surface area (Å²) in [6.45, 7) is 6.15. The Bertz CT molecular complexity index is 1650. The summed E-state index contributed by atoms with van der Waals surface area (Å²) in [5, 5.41) is 7.63. The zero-order valence-corrected chi connectivity index (χ0v) is 23.7. The summed E-state index contributed by atoms with van der Waals surface area (Å²) in [5.74, 6) is 0.292. The number of aryl methyl sites for hydroxylation is 1. The van der Waals surface area contributed by atoms with Crippen LogP contribution in [0.3, 0.4) is 0 Å². The third-order valence-electron chi connectivity index (χ3n) is 8.72. The molecule has 2 saturated heterocycles. The van der Waals surface area contributed by atoms with Gasteiger partial charge in [0.25, 0.3) is 5.91 Å². The number of aromatic nitrogens is 4. The Hall–Kier alpha value is -3.87. The van der Waals surface area contributed by atoms with Crippen molar-refractivity contribution < 1.29 is 14.3 Å². The summed E-state index contributed by atoms with van der Waals surface area (Å²) in [4.78, 5) is 40.6. The second-order valence-corrected chi connectivity index (χ2v) is 12.1. The van der Waals surface area contributed by atoms with E-state index in [2.05, 4.69) is 36.2 Å². The first kappa shape index (κ1) is 26.1. The van der Waals surface area contributed by atoms with Gasteiger partial charge in [0.1, 0.15) is 10.6 Å². The van der Waals surface area contributed by atoms with Gasteiger partial charge < -0.3 is 20.7 Å². The fraction of sp³-hybridized carbons (Fsp3) is 0.414. The number of primary amides is 1. The number of nitrogens with zero attached hydrogens (tertiary/aromatic N) is 6. The van der Waals surface area contributed by atoms with E-state index in [4.69, 9.17) is 10.5 Å². The monoisotopic (exact) mass is 572 g/mol. The molecule has 3 aliphatic rings. The maximum atomic E-state index is 13.0. The molecule has 1 spiro atoms. The summed E-state index contributed by atoms with van der Waals surface area (Å²) in [5.41, 5.74) is 10.3. The van der Waals surface area contributed by atoms with Gasteiger partial charge in [0.05, 0.1) is 54.0 Å². The Morgan fingerprint density at radius 2 is 1.95 bits per heavy atom. The summed E-state index contributed by atoms with van der Waals surface area (Å²) < 4.78 is 7.27. The number of morpholine rings is 1. The lowest BCUT2D eigenvalue weighted by molar-refractivity contribution is -0.127. The topological polar surface area (TPSA) is 131 Å². The van der Waals surface area contributed by atoms with Crippen LogP contribution in [0.15, 0.2) is 36.8 Å². The second-order valence-electron chi connectivity index (χ2n) is 11.1. The lowest BCUT2D eigenvalue weighted by Gasteiger charge is -2.58. The zero-order chi connectivity index (χ0) is 28.1. The number of carbonyl (C=O) groups is 2. The highest BCUT2D eigenvalue weighted by atomic mass is 32.1. The molecule has 0 aromatic carbocycles. The molecule has 6 heterocycles. The Morgan fingerprint density at radius 1 is 1.12 bits per heavy atom. The van der Waals surface area contributed by atoms with Crippen LogP contribution >= 0.6 is 11.3 Å². The highest BCUT2D eigenvalue weighted by molar-refractivity contribution is 7.21. The molecule has 1 saturated carbocycles. The van der Waals surface area contributed by atoms with Crippen molar-refractivity contribution in [3.63, 3.8) is 0 Å². The number of ether oxygens (including phenoxy) is 1. The number of likely N-dealkylation sites (tertiary alicyclic amines) is 1. The van der Waals surface area contributed by atoms with Gasteiger partial charge in [0.15, 0.2) is 0 Å². The van der Waals surface area contributed by atoms with Gasteiger partial charge in [-0.05, 0) is 56.4 Å². The first-order valence-corrected chi connectivity index (χ1v) is 14.8. The molecule has 0 radical (unpaired) electrons. The number of rotatable bonds is 7. The number of thiazole rings is 1. The van der Waals surface area contributed by atoms with Gasteiger partial charge in [-0.2, -0.15) is 5.10 Å². The molecule has 11 nitrogen and oxygen atoms in total. The van der Waals surface area contributed by atoms with E-state index in [1.807, 2.05) is 19.1 Å². The molecule has 4 aromatic rings. The number of hydrogen-bond donors (Lipinski definition) is 2. The number of anilines is 2. The predicted molar refractivity (Wildman–Crippen MR) is 157 cm³/mol. The van der Waals surface area contributed by atoms with Crippen LogP contribution < -0.4 is 16.0 Å². The summed E-state index contributed by atoms with van der Waals surface area (Å²) in [7, 11) is 0. The number of carbonyl (C=O) groups excluding carboxylic acids is 2. The molecule has 212 valence electrons. The Balaban J connectivity index is 1.26. The molecule has 0 unspecified atom stereocenters. The van der Waals surface area contributed by atoms with Crippen molar-refractivity contribution in [2.45, 2.75) is 38.1 Å². The fourth-order valence-corrected chi connectivity index (χ4v) is 7.38. The van der Waals surface area contributed by atoms with Crippen molar-refractivity contribution in [1.29, 1.82) is 0 Å². The number of hydrogen-bond acceptors (Lipinski definition) is 9. The Morgan fingerprint density at radius 3 is 2.66 bits per heavy atom. The molecule has 2 amide bonds. The second kappa shape index (κ2) is 10.2. The molecule has 1 aliphatic carbocycles. The van der Waals surface area contributed by atoms with Crippen molar-refractivity contribution in [2.24, 2.45) is 5.73 Å². The third kappa shape index (κ3) is 4.55.